The Balaban J connectivity index is 1.34. The Morgan fingerprint density at radius 3 is 2.38 bits per heavy atom. The molecule has 3 aromatic rings. The van der Waals surface area contributed by atoms with Gasteiger partial charge in [-0.1, -0.05) is 13.0 Å². The molecule has 2 aliphatic heterocycles. The Kier molecular flexibility index (Phi) is 9.00. The van der Waals surface area contributed by atoms with Crippen molar-refractivity contribution in [3.63, 3.8) is 0 Å². The molecule has 3 aromatic heterocycles. The third-order valence-corrected chi connectivity index (χ3v) is 8.77. The minimum Gasteiger partial charge on any atom is -0.495 e. The zero-order valence-corrected chi connectivity index (χ0v) is 30.8. The fourth-order valence-electron chi connectivity index (χ4n) is 6.10. The van der Waals surface area contributed by atoms with Gasteiger partial charge in [0.15, 0.2) is 17.8 Å². The van der Waals surface area contributed by atoms with Crippen LogP contribution in [0.25, 0.3) is 17.1 Å². The number of nitrogens with zero attached hydrogens (tertiary/aromatic N) is 5. The van der Waals surface area contributed by atoms with Crippen LogP contribution in [0, 0.1) is 9.62 Å². The summed E-state index contributed by atoms with van der Waals surface area (Å²) in [6.45, 7) is 16.4. The summed E-state index contributed by atoms with van der Waals surface area (Å²) in [4.78, 5) is 41.2. The summed E-state index contributed by atoms with van der Waals surface area (Å²) in [5.41, 5.74) is 0.755. The van der Waals surface area contributed by atoms with Crippen molar-refractivity contribution in [2.75, 3.05) is 11.5 Å². The van der Waals surface area contributed by atoms with E-state index in [1.54, 1.807) is 53.8 Å². The van der Waals surface area contributed by atoms with Crippen LogP contribution in [-0.2, 0) is 34.8 Å². The molecule has 0 N–H and O–H groups in total. The predicted octanol–water partition coefficient (Wildman–Crippen LogP) is 6.77. The average molecular weight is 776 g/mol. The number of aromatic nitrogens is 4. The molecule has 258 valence electrons. The smallest absolute Gasteiger partial charge is 0.425 e. The first-order valence-electron chi connectivity index (χ1n) is 16.0. The molecule has 0 saturated carbocycles. The van der Waals surface area contributed by atoms with Gasteiger partial charge in [0, 0.05) is 18.2 Å². The lowest BCUT2D eigenvalue weighted by atomic mass is 9.92. The Bertz CT molecular complexity index is 1730. The van der Waals surface area contributed by atoms with Crippen molar-refractivity contribution in [1.29, 1.82) is 0 Å². The van der Waals surface area contributed by atoms with Crippen molar-refractivity contribution in [3.05, 3.63) is 51.4 Å². The largest absolute Gasteiger partial charge is 0.495 e. The first kappa shape index (κ1) is 34.5. The highest BCUT2D eigenvalue weighted by Gasteiger charge is 2.57. The molecule has 5 heterocycles. The van der Waals surface area contributed by atoms with Crippen molar-refractivity contribution in [3.8, 4) is 0 Å². The average Bonchev–Trinajstić information content (AvgIpc) is 3.57. The number of allylic oxidation sites excluding steroid dienone is 1. The summed E-state index contributed by atoms with van der Waals surface area (Å²) in [5.74, 6) is 0.167. The van der Waals surface area contributed by atoms with Gasteiger partial charge >= 0.3 is 12.2 Å². The lowest BCUT2D eigenvalue weighted by Gasteiger charge is -2.28. The van der Waals surface area contributed by atoms with Gasteiger partial charge in [-0.15, -0.1) is 0 Å². The van der Waals surface area contributed by atoms with Crippen LogP contribution in [0.1, 0.15) is 79.8 Å². The highest BCUT2D eigenvalue weighted by molar-refractivity contribution is 14.1. The Labute approximate surface area is 293 Å². The molecule has 2 amide bonds. The van der Waals surface area contributed by atoms with Gasteiger partial charge in [0.25, 0.3) is 0 Å². The van der Waals surface area contributed by atoms with Crippen molar-refractivity contribution in [2.45, 2.75) is 110 Å². The number of pyridine rings is 1. The second-order valence-corrected chi connectivity index (χ2v) is 15.8. The Hall–Kier alpha value is -3.34. The zero-order chi connectivity index (χ0) is 34.8. The molecule has 3 aliphatic rings. The number of hydrogen-bond donors (Lipinski definition) is 0. The number of fused-ring (bicyclic) bond motifs is 3. The lowest BCUT2D eigenvalue weighted by molar-refractivity contribution is -0.200. The molecule has 0 bridgehead atoms. The molecule has 6 rings (SSSR count). The topological polar surface area (TPSA) is 136 Å². The third-order valence-electron chi connectivity index (χ3n) is 7.94. The number of ether oxygens (including phenoxy) is 6. The lowest BCUT2D eigenvalue weighted by Crippen LogP contribution is -2.44. The van der Waals surface area contributed by atoms with Gasteiger partial charge in [-0.2, -0.15) is 4.90 Å². The molecule has 2 saturated heterocycles. The molecule has 13 nitrogen and oxygen atoms in total. The van der Waals surface area contributed by atoms with Crippen molar-refractivity contribution >= 4 is 57.7 Å². The number of halogens is 1. The molecule has 5 atom stereocenters. The van der Waals surface area contributed by atoms with Gasteiger partial charge < -0.3 is 28.4 Å². The highest BCUT2D eigenvalue weighted by atomic mass is 127. The normalized spacial score (nSPS) is 24.9. The van der Waals surface area contributed by atoms with E-state index in [1.807, 2.05) is 30.6 Å². The maximum Gasteiger partial charge on any atom is 0.425 e. The number of carbonyl (C=O) groups is 2. The molecule has 2 fully saturated rings. The monoisotopic (exact) mass is 775 g/mol. The van der Waals surface area contributed by atoms with Crippen molar-refractivity contribution < 1.29 is 38.0 Å². The first-order chi connectivity index (χ1) is 22.4. The molecule has 14 heteroatoms. The first-order valence-corrected chi connectivity index (χ1v) is 17.1. The summed E-state index contributed by atoms with van der Waals surface area (Å²) in [6.07, 6.45) is 1.95. The summed E-state index contributed by atoms with van der Waals surface area (Å²) < 4.78 is 39.6. The standard InChI is InChI=1S/C34H42IN5O8/c1-18-13-19-11-10-12-36-21(19)15-22(18)43-16-23-25-26(46-34(8,9)45-25)29(44-23)39-24(35)14-20-27(39)37-17-38-28(20)40(30(41)47-32(2,3)4)31(42)48-33(5,6)7/h10-12,14-15,17-18,23,25-26,29H,13,16H2,1-9H3/t18?,23-,25-,26-,29-/m1/s1. The Morgan fingerprint density at radius 1 is 1.04 bits per heavy atom. The summed E-state index contributed by atoms with van der Waals surface area (Å²) in [7, 11) is 0. The van der Waals surface area contributed by atoms with E-state index in [9.17, 15) is 9.59 Å². The van der Waals surface area contributed by atoms with Crippen LogP contribution in [0.2, 0.25) is 0 Å². The second kappa shape index (κ2) is 12.5. The van der Waals surface area contributed by atoms with Crippen LogP contribution in [0.5, 0.6) is 0 Å². The number of anilines is 1. The van der Waals surface area contributed by atoms with Gasteiger partial charge in [-0.25, -0.2) is 19.6 Å². The van der Waals surface area contributed by atoms with Crippen LogP contribution in [0.3, 0.4) is 0 Å². The maximum atomic E-state index is 13.5. The fraction of sp³-hybridized carbons (Fsp3) is 0.559. The van der Waals surface area contributed by atoms with E-state index in [1.165, 1.54) is 11.9 Å². The zero-order valence-electron chi connectivity index (χ0n) is 28.6. The predicted molar refractivity (Wildman–Crippen MR) is 184 cm³/mol. The van der Waals surface area contributed by atoms with E-state index < -0.39 is 53.7 Å². The van der Waals surface area contributed by atoms with Crippen LogP contribution in [0.15, 0.2) is 36.5 Å². The van der Waals surface area contributed by atoms with Crippen LogP contribution < -0.4 is 4.90 Å². The van der Waals surface area contributed by atoms with Crippen molar-refractivity contribution in [1.82, 2.24) is 19.5 Å². The van der Waals surface area contributed by atoms with Gasteiger partial charge in [0.1, 0.15) is 53.9 Å². The number of carbonyl (C=O) groups excluding carboxylic acids is 2. The van der Waals surface area contributed by atoms with E-state index in [0.717, 1.165) is 22.8 Å². The summed E-state index contributed by atoms with van der Waals surface area (Å²) in [6, 6.07) is 5.82. The van der Waals surface area contributed by atoms with Gasteiger partial charge in [0.05, 0.1) is 14.8 Å². The number of rotatable bonds is 5. The number of hydrogen-bond acceptors (Lipinski definition) is 11. The van der Waals surface area contributed by atoms with Crippen molar-refractivity contribution in [2.24, 2.45) is 5.92 Å². The summed E-state index contributed by atoms with van der Waals surface area (Å²) in [5, 5.41) is 0.420. The van der Waals surface area contributed by atoms with E-state index in [2.05, 4.69) is 50.5 Å². The molecule has 48 heavy (non-hydrogen) atoms. The van der Waals surface area contributed by atoms with Crippen LogP contribution in [-0.4, -0.2) is 73.6 Å². The van der Waals surface area contributed by atoms with Gasteiger partial charge in [-0.05, 0) is 102 Å². The molecule has 0 aromatic carbocycles. The minimum atomic E-state index is -0.924. The molecular formula is C34H42IN5O8. The Morgan fingerprint density at radius 2 is 1.71 bits per heavy atom. The van der Waals surface area contributed by atoms with Crippen LogP contribution >= 0.6 is 22.6 Å². The summed E-state index contributed by atoms with van der Waals surface area (Å²) >= 11 is 2.17. The number of imide groups is 1. The fourth-order valence-corrected chi connectivity index (χ4v) is 6.91. The quantitative estimate of drug-likeness (QED) is 0.254. The van der Waals surface area contributed by atoms with Crippen LogP contribution in [0.4, 0.5) is 15.4 Å². The maximum absolute atomic E-state index is 13.5. The number of amides is 2. The molecule has 1 aliphatic carbocycles. The SMILES string of the molecule is CC1Cc2cccnc2C=C1OC[C@H]1O[C@@H](n2c(I)cc3c(N(C(=O)OC(C)(C)C)C(=O)OC(C)(C)C)ncnc32)[C@@H]2OC(C)(C)O[C@@H]21. The molecular weight excluding hydrogens is 733 g/mol. The molecule has 0 radical (unpaired) electrons. The van der Waals surface area contributed by atoms with Gasteiger partial charge in [0.2, 0.25) is 0 Å². The van der Waals surface area contributed by atoms with E-state index >= 15 is 0 Å². The minimum absolute atomic E-state index is 0.0191. The second-order valence-electron chi connectivity index (χ2n) is 14.7. The third kappa shape index (κ3) is 7.03. The highest BCUT2D eigenvalue weighted by Crippen LogP contribution is 2.46. The molecule has 0 spiro atoms. The van der Waals surface area contributed by atoms with E-state index in [4.69, 9.17) is 28.4 Å². The van der Waals surface area contributed by atoms with Gasteiger partial charge in [-0.3, -0.25) is 9.55 Å². The van der Waals surface area contributed by atoms with E-state index in [-0.39, 0.29) is 18.3 Å². The van der Waals surface area contributed by atoms with E-state index in [0.29, 0.717) is 14.7 Å². The molecule has 1 unspecified atom stereocenters.